The highest BCUT2D eigenvalue weighted by Gasteiger charge is 2.27. The van der Waals surface area contributed by atoms with Crippen LogP contribution in [0.3, 0.4) is 0 Å². The Balaban J connectivity index is 1.91. The Hall–Kier alpha value is -0.490. The number of carbonyl (C=O) groups excluding carboxylic acids is 1. The van der Waals surface area contributed by atoms with Gasteiger partial charge in [-0.1, -0.05) is 0 Å². The number of alkyl halides is 3. The number of hydrogen-bond donors (Lipinski definition) is 0. The molecule has 1 aromatic heterocycles. The summed E-state index contributed by atoms with van der Waals surface area (Å²) in [5.41, 5.74) is 1.19. The number of thiophene rings is 1. The SMILES string of the molecule is O=C(CCCC(F)(F)F)c1cc2c(s1)CCSC2. The van der Waals surface area contributed by atoms with Crippen LogP contribution in [0.15, 0.2) is 6.07 Å². The minimum atomic E-state index is -4.16. The van der Waals surface area contributed by atoms with Gasteiger partial charge in [-0.3, -0.25) is 4.79 Å². The molecule has 100 valence electrons. The third-order valence-electron chi connectivity index (χ3n) is 2.77. The summed E-state index contributed by atoms with van der Waals surface area (Å²) in [6.07, 6.45) is -4.18. The molecule has 2 rings (SSSR count). The molecule has 1 aliphatic rings. The Morgan fingerprint density at radius 3 is 2.83 bits per heavy atom. The van der Waals surface area contributed by atoms with Crippen molar-refractivity contribution in [2.45, 2.75) is 37.6 Å². The lowest BCUT2D eigenvalue weighted by atomic mass is 10.1. The fourth-order valence-electron chi connectivity index (χ4n) is 1.86. The van der Waals surface area contributed by atoms with E-state index < -0.39 is 12.6 Å². The van der Waals surface area contributed by atoms with Crippen LogP contribution in [0.5, 0.6) is 0 Å². The lowest BCUT2D eigenvalue weighted by Gasteiger charge is -2.08. The van der Waals surface area contributed by atoms with Gasteiger partial charge in [-0.05, 0) is 30.2 Å². The molecule has 0 aliphatic carbocycles. The number of aryl methyl sites for hydroxylation is 1. The summed E-state index contributed by atoms with van der Waals surface area (Å²) in [4.78, 5) is 13.6. The Kier molecular flexibility index (Phi) is 4.37. The number of Topliss-reactive ketones (excluding diaryl/α,β-unsaturated/α-hetero) is 1. The summed E-state index contributed by atoms with van der Waals surface area (Å²) < 4.78 is 35.9. The van der Waals surface area contributed by atoms with E-state index in [1.54, 1.807) is 0 Å². The molecule has 0 atom stereocenters. The lowest BCUT2D eigenvalue weighted by Crippen LogP contribution is -2.08. The predicted octanol–water partition coefficient (Wildman–Crippen LogP) is 4.45. The fourth-order valence-corrected chi connectivity index (χ4v) is 4.20. The Bertz CT molecular complexity index is 414. The first-order valence-corrected chi connectivity index (χ1v) is 7.72. The van der Waals surface area contributed by atoms with Gasteiger partial charge >= 0.3 is 6.18 Å². The number of rotatable bonds is 4. The van der Waals surface area contributed by atoms with Crippen molar-refractivity contribution in [3.05, 3.63) is 21.4 Å². The average molecular weight is 294 g/mol. The molecule has 0 spiro atoms. The molecule has 0 amide bonds. The Labute approximate surface area is 112 Å². The second-order valence-corrected chi connectivity index (χ2v) is 6.50. The van der Waals surface area contributed by atoms with Gasteiger partial charge in [0.25, 0.3) is 0 Å². The molecule has 1 aromatic rings. The van der Waals surface area contributed by atoms with Crippen molar-refractivity contribution < 1.29 is 18.0 Å². The van der Waals surface area contributed by atoms with Crippen LogP contribution in [0.2, 0.25) is 0 Å². The van der Waals surface area contributed by atoms with Crippen molar-refractivity contribution in [3.8, 4) is 0 Å². The van der Waals surface area contributed by atoms with Gasteiger partial charge in [0.05, 0.1) is 4.88 Å². The van der Waals surface area contributed by atoms with Crippen LogP contribution in [0.4, 0.5) is 13.2 Å². The van der Waals surface area contributed by atoms with E-state index >= 15 is 0 Å². The Morgan fingerprint density at radius 2 is 2.17 bits per heavy atom. The molecule has 6 heteroatoms. The molecule has 0 bridgehead atoms. The molecule has 0 aromatic carbocycles. The lowest BCUT2D eigenvalue weighted by molar-refractivity contribution is -0.135. The zero-order valence-corrected chi connectivity index (χ0v) is 11.3. The van der Waals surface area contributed by atoms with E-state index in [2.05, 4.69) is 0 Å². The first-order valence-electron chi connectivity index (χ1n) is 5.75. The maximum Gasteiger partial charge on any atom is 0.389 e. The van der Waals surface area contributed by atoms with Gasteiger partial charge in [-0.2, -0.15) is 24.9 Å². The van der Waals surface area contributed by atoms with Crippen molar-refractivity contribution in [2.24, 2.45) is 0 Å². The molecule has 2 heterocycles. The van der Waals surface area contributed by atoms with E-state index in [1.807, 2.05) is 17.8 Å². The van der Waals surface area contributed by atoms with E-state index in [0.29, 0.717) is 4.88 Å². The van der Waals surface area contributed by atoms with Crippen LogP contribution in [0, 0.1) is 0 Å². The average Bonchev–Trinajstić information content (AvgIpc) is 2.70. The quantitative estimate of drug-likeness (QED) is 0.763. The van der Waals surface area contributed by atoms with Gasteiger partial charge in [0, 0.05) is 23.5 Å². The van der Waals surface area contributed by atoms with E-state index in [0.717, 1.165) is 17.9 Å². The molecule has 0 fully saturated rings. The maximum atomic E-state index is 12.0. The topological polar surface area (TPSA) is 17.1 Å². The molecule has 0 saturated carbocycles. The number of hydrogen-bond acceptors (Lipinski definition) is 3. The van der Waals surface area contributed by atoms with Gasteiger partial charge in [0.15, 0.2) is 5.78 Å². The standard InChI is InChI=1S/C12H13F3OS2/c13-12(14,15)4-1-2-9(16)11-6-8-7-17-5-3-10(8)18-11/h6H,1-5,7H2. The smallest absolute Gasteiger partial charge is 0.293 e. The Morgan fingerprint density at radius 1 is 1.39 bits per heavy atom. The van der Waals surface area contributed by atoms with Crippen LogP contribution in [0.25, 0.3) is 0 Å². The highest BCUT2D eigenvalue weighted by Crippen LogP contribution is 2.32. The predicted molar refractivity (Wildman–Crippen MR) is 68.4 cm³/mol. The van der Waals surface area contributed by atoms with Crippen molar-refractivity contribution in [1.29, 1.82) is 0 Å². The maximum absolute atomic E-state index is 12.0. The molecule has 0 N–H and O–H groups in total. The monoisotopic (exact) mass is 294 g/mol. The summed E-state index contributed by atoms with van der Waals surface area (Å²) in [5.74, 6) is 1.83. The van der Waals surface area contributed by atoms with Gasteiger partial charge < -0.3 is 0 Å². The van der Waals surface area contributed by atoms with Crippen molar-refractivity contribution in [3.63, 3.8) is 0 Å². The summed E-state index contributed by atoms with van der Waals surface area (Å²) in [6.45, 7) is 0. The fraction of sp³-hybridized carbons (Fsp3) is 0.583. The molecule has 0 radical (unpaired) electrons. The zero-order chi connectivity index (χ0) is 13.2. The third-order valence-corrected chi connectivity index (χ3v) is 5.05. The van der Waals surface area contributed by atoms with E-state index in [1.165, 1.54) is 21.8 Å². The molecule has 18 heavy (non-hydrogen) atoms. The summed E-state index contributed by atoms with van der Waals surface area (Å²) in [7, 11) is 0. The second-order valence-electron chi connectivity index (χ2n) is 4.25. The highest BCUT2D eigenvalue weighted by molar-refractivity contribution is 7.98. The van der Waals surface area contributed by atoms with Crippen molar-refractivity contribution in [2.75, 3.05) is 5.75 Å². The summed E-state index contributed by atoms with van der Waals surface area (Å²) in [5, 5.41) is 0. The van der Waals surface area contributed by atoms with E-state index in [4.69, 9.17) is 0 Å². The minimum Gasteiger partial charge on any atom is -0.293 e. The van der Waals surface area contributed by atoms with Crippen LogP contribution in [-0.4, -0.2) is 17.7 Å². The minimum absolute atomic E-state index is 0.00789. The molecule has 0 saturated heterocycles. The highest BCUT2D eigenvalue weighted by atomic mass is 32.2. The molecule has 0 unspecified atom stereocenters. The first kappa shape index (κ1) is 13.9. The van der Waals surface area contributed by atoms with Crippen LogP contribution in [-0.2, 0) is 12.2 Å². The van der Waals surface area contributed by atoms with Gasteiger partial charge in [0.2, 0.25) is 0 Å². The third kappa shape index (κ3) is 3.75. The first-order chi connectivity index (χ1) is 8.46. The van der Waals surface area contributed by atoms with Crippen molar-refractivity contribution >= 4 is 28.9 Å². The number of halogens is 3. The zero-order valence-electron chi connectivity index (χ0n) is 9.68. The van der Waals surface area contributed by atoms with Crippen LogP contribution < -0.4 is 0 Å². The largest absolute Gasteiger partial charge is 0.389 e. The summed E-state index contributed by atoms with van der Waals surface area (Å²) >= 11 is 3.29. The molecule has 1 aliphatic heterocycles. The second kappa shape index (κ2) is 5.65. The van der Waals surface area contributed by atoms with Crippen LogP contribution in [0.1, 0.15) is 39.4 Å². The molecule has 1 nitrogen and oxygen atoms in total. The normalized spacial score (nSPS) is 15.5. The van der Waals surface area contributed by atoms with Crippen LogP contribution >= 0.6 is 23.1 Å². The van der Waals surface area contributed by atoms with Crippen molar-refractivity contribution in [1.82, 2.24) is 0 Å². The number of thioether (sulfide) groups is 1. The van der Waals surface area contributed by atoms with E-state index in [-0.39, 0.29) is 18.6 Å². The van der Waals surface area contributed by atoms with Gasteiger partial charge in [-0.15, -0.1) is 11.3 Å². The van der Waals surface area contributed by atoms with E-state index in [9.17, 15) is 18.0 Å². The number of ketones is 1. The van der Waals surface area contributed by atoms with Gasteiger partial charge in [-0.25, -0.2) is 0 Å². The molecular formula is C12H13F3OS2. The number of carbonyl (C=O) groups is 1. The summed E-state index contributed by atoms with van der Waals surface area (Å²) in [6, 6.07) is 1.86. The molecular weight excluding hydrogens is 281 g/mol. The number of fused-ring (bicyclic) bond motifs is 1. The van der Waals surface area contributed by atoms with Gasteiger partial charge in [0.1, 0.15) is 0 Å².